The zero-order chi connectivity index (χ0) is 20.5. The van der Waals surface area contributed by atoms with Gasteiger partial charge in [0.25, 0.3) is 5.91 Å². The monoisotopic (exact) mass is 404 g/mol. The smallest absolute Gasteiger partial charge is 0.254 e. The number of benzene rings is 2. The molecular weight excluding hydrogens is 379 g/mol. The van der Waals surface area contributed by atoms with E-state index < -0.39 is 0 Å². The number of aliphatic imine (C=N–C) groups is 1. The quantitative estimate of drug-likeness (QED) is 0.684. The lowest BCUT2D eigenvalue weighted by atomic mass is 9.88. The Morgan fingerprint density at radius 1 is 1.10 bits per heavy atom. The van der Waals surface area contributed by atoms with Gasteiger partial charge in [-0.15, -0.1) is 0 Å². The van der Waals surface area contributed by atoms with Crippen LogP contribution in [-0.4, -0.2) is 35.7 Å². The maximum Gasteiger partial charge on any atom is 0.254 e. The summed E-state index contributed by atoms with van der Waals surface area (Å²) in [6.07, 6.45) is 7.19. The highest BCUT2D eigenvalue weighted by molar-refractivity contribution is 5.95. The van der Waals surface area contributed by atoms with Crippen molar-refractivity contribution in [3.8, 4) is 5.75 Å². The average Bonchev–Trinajstić information content (AvgIpc) is 3.48. The standard InChI is InChI=1S/C25H25FN2O2/c26-21-3-1-2-17(12-21)16-30-24-10-5-18(6-11-24)25(29)28(22-8-9-22)23-7-4-19-14-27-15-20(19)13-23/h1-3,5-6,10-12,15,22-23H,4,7-9,13-14,16H2. The summed E-state index contributed by atoms with van der Waals surface area (Å²) < 4.78 is 19.1. The molecule has 4 nitrogen and oxygen atoms in total. The molecule has 3 aliphatic rings. The average molecular weight is 404 g/mol. The molecule has 0 aromatic heterocycles. The Morgan fingerprint density at radius 2 is 1.93 bits per heavy atom. The lowest BCUT2D eigenvalue weighted by Crippen LogP contribution is -2.43. The molecular formula is C25H25FN2O2. The number of carbonyl (C=O) groups is 1. The van der Waals surface area contributed by atoms with Crippen LogP contribution in [0.2, 0.25) is 0 Å². The number of hydrogen-bond acceptors (Lipinski definition) is 3. The van der Waals surface area contributed by atoms with Gasteiger partial charge in [-0.25, -0.2) is 4.39 Å². The van der Waals surface area contributed by atoms with Crippen LogP contribution in [0.3, 0.4) is 0 Å². The Morgan fingerprint density at radius 3 is 2.70 bits per heavy atom. The minimum Gasteiger partial charge on any atom is -0.489 e. The highest BCUT2D eigenvalue weighted by Gasteiger charge is 2.39. The van der Waals surface area contributed by atoms with Gasteiger partial charge in [-0.2, -0.15) is 0 Å². The Bertz CT molecular complexity index is 1010. The van der Waals surface area contributed by atoms with Crippen LogP contribution < -0.4 is 4.74 Å². The Balaban J connectivity index is 1.26. The van der Waals surface area contributed by atoms with Crippen LogP contribution in [0.4, 0.5) is 4.39 Å². The molecule has 1 unspecified atom stereocenters. The van der Waals surface area contributed by atoms with Gasteiger partial charge in [0, 0.05) is 23.9 Å². The summed E-state index contributed by atoms with van der Waals surface area (Å²) in [6.45, 7) is 1.14. The molecule has 0 radical (unpaired) electrons. The fraction of sp³-hybridized carbons (Fsp3) is 0.360. The number of ether oxygens (including phenoxy) is 1. The second kappa shape index (κ2) is 8.05. The molecule has 2 aromatic rings. The van der Waals surface area contributed by atoms with Crippen LogP contribution in [0.1, 0.15) is 48.0 Å². The van der Waals surface area contributed by atoms with Crippen LogP contribution in [0, 0.1) is 5.82 Å². The first kappa shape index (κ1) is 19.0. The van der Waals surface area contributed by atoms with Gasteiger partial charge in [-0.1, -0.05) is 12.1 Å². The highest BCUT2D eigenvalue weighted by atomic mass is 19.1. The molecule has 2 aromatic carbocycles. The Kier molecular flexibility index (Phi) is 5.11. The molecule has 5 rings (SSSR count). The van der Waals surface area contributed by atoms with Gasteiger partial charge in [0.1, 0.15) is 18.2 Å². The molecule has 0 N–H and O–H groups in total. The number of amides is 1. The maximum absolute atomic E-state index is 13.3. The van der Waals surface area contributed by atoms with Crippen LogP contribution in [0.15, 0.2) is 64.7 Å². The summed E-state index contributed by atoms with van der Waals surface area (Å²) >= 11 is 0. The number of rotatable bonds is 6. The third-order valence-corrected chi connectivity index (χ3v) is 6.18. The summed E-state index contributed by atoms with van der Waals surface area (Å²) in [6, 6.07) is 14.3. The second-order valence-electron chi connectivity index (χ2n) is 8.38. The fourth-order valence-corrected chi connectivity index (χ4v) is 4.45. The first-order chi connectivity index (χ1) is 14.7. The zero-order valence-corrected chi connectivity index (χ0v) is 16.9. The molecule has 1 saturated carbocycles. The van der Waals surface area contributed by atoms with E-state index in [-0.39, 0.29) is 17.8 Å². The van der Waals surface area contributed by atoms with E-state index in [0.717, 1.165) is 44.2 Å². The normalized spacial score (nSPS) is 20.2. The van der Waals surface area contributed by atoms with E-state index in [2.05, 4.69) is 9.89 Å². The van der Waals surface area contributed by atoms with Crippen LogP contribution in [-0.2, 0) is 6.61 Å². The summed E-state index contributed by atoms with van der Waals surface area (Å²) in [4.78, 5) is 19.9. The lowest BCUT2D eigenvalue weighted by Gasteiger charge is -2.35. The minimum absolute atomic E-state index is 0.109. The van der Waals surface area contributed by atoms with Crippen LogP contribution in [0.25, 0.3) is 0 Å². The van der Waals surface area contributed by atoms with E-state index in [1.807, 2.05) is 36.5 Å². The third kappa shape index (κ3) is 4.02. The second-order valence-corrected chi connectivity index (χ2v) is 8.38. The topological polar surface area (TPSA) is 41.9 Å². The summed E-state index contributed by atoms with van der Waals surface area (Å²) in [5.74, 6) is 0.508. The molecule has 1 heterocycles. The van der Waals surface area contributed by atoms with Crippen molar-refractivity contribution in [1.82, 2.24) is 4.90 Å². The van der Waals surface area contributed by atoms with Gasteiger partial charge in [-0.3, -0.25) is 9.79 Å². The molecule has 0 spiro atoms. The van der Waals surface area contributed by atoms with Gasteiger partial charge in [0.15, 0.2) is 0 Å². The van der Waals surface area contributed by atoms with E-state index in [9.17, 15) is 9.18 Å². The van der Waals surface area contributed by atoms with E-state index >= 15 is 0 Å². The molecule has 5 heteroatoms. The van der Waals surface area contributed by atoms with E-state index in [4.69, 9.17) is 4.74 Å². The first-order valence-corrected chi connectivity index (χ1v) is 10.7. The van der Waals surface area contributed by atoms with Crippen LogP contribution in [0.5, 0.6) is 5.75 Å². The molecule has 1 atom stereocenters. The Labute approximate surface area is 176 Å². The van der Waals surface area contributed by atoms with Gasteiger partial charge >= 0.3 is 0 Å². The minimum atomic E-state index is -0.272. The summed E-state index contributed by atoms with van der Waals surface area (Å²) in [5.41, 5.74) is 4.26. The Hall–Kier alpha value is -2.95. The maximum atomic E-state index is 13.3. The van der Waals surface area contributed by atoms with Crippen molar-refractivity contribution < 1.29 is 13.9 Å². The number of carbonyl (C=O) groups excluding carboxylic acids is 1. The van der Waals surface area contributed by atoms with Gasteiger partial charge < -0.3 is 9.64 Å². The molecule has 1 amide bonds. The predicted octanol–water partition coefficient (Wildman–Crippen LogP) is 4.94. The molecule has 154 valence electrons. The molecule has 30 heavy (non-hydrogen) atoms. The number of halogens is 1. The van der Waals surface area contributed by atoms with Crippen molar-refractivity contribution in [2.45, 2.75) is 50.8 Å². The van der Waals surface area contributed by atoms with Crippen molar-refractivity contribution in [3.63, 3.8) is 0 Å². The SMILES string of the molecule is O=C(c1ccc(OCc2cccc(F)c2)cc1)N(C1CC1)C1CCC2=C(C=NC2)C1. The number of nitrogens with zero attached hydrogens (tertiary/aromatic N) is 2. The molecule has 0 bridgehead atoms. The van der Waals surface area contributed by atoms with E-state index in [1.54, 1.807) is 6.07 Å². The zero-order valence-electron chi connectivity index (χ0n) is 16.9. The van der Waals surface area contributed by atoms with Crippen molar-refractivity contribution in [2.24, 2.45) is 4.99 Å². The van der Waals surface area contributed by atoms with Crippen LogP contribution >= 0.6 is 0 Å². The predicted molar refractivity (Wildman–Crippen MR) is 114 cm³/mol. The van der Waals surface area contributed by atoms with Gasteiger partial charge in [-0.05, 0) is 85.2 Å². The fourth-order valence-electron chi connectivity index (χ4n) is 4.45. The summed E-state index contributed by atoms with van der Waals surface area (Å²) in [5, 5.41) is 0. The molecule has 1 fully saturated rings. The lowest BCUT2D eigenvalue weighted by molar-refractivity contribution is 0.0645. The van der Waals surface area contributed by atoms with E-state index in [0.29, 0.717) is 24.0 Å². The third-order valence-electron chi connectivity index (χ3n) is 6.18. The van der Waals surface area contributed by atoms with E-state index in [1.165, 1.54) is 23.3 Å². The molecule has 1 aliphatic heterocycles. The van der Waals surface area contributed by atoms with Gasteiger partial charge in [0.05, 0.1) is 6.54 Å². The first-order valence-electron chi connectivity index (χ1n) is 10.7. The summed E-state index contributed by atoms with van der Waals surface area (Å²) in [7, 11) is 0. The molecule has 0 saturated heterocycles. The highest BCUT2D eigenvalue weighted by Crippen LogP contribution is 2.37. The largest absolute Gasteiger partial charge is 0.489 e. The number of hydrogen-bond donors (Lipinski definition) is 0. The van der Waals surface area contributed by atoms with Crippen molar-refractivity contribution in [1.29, 1.82) is 0 Å². The van der Waals surface area contributed by atoms with Crippen molar-refractivity contribution in [2.75, 3.05) is 6.54 Å². The van der Waals surface area contributed by atoms with Crippen molar-refractivity contribution >= 4 is 12.1 Å². The van der Waals surface area contributed by atoms with Gasteiger partial charge in [0.2, 0.25) is 0 Å². The van der Waals surface area contributed by atoms with Crippen molar-refractivity contribution in [3.05, 3.63) is 76.6 Å². The molecule has 2 aliphatic carbocycles.